The topological polar surface area (TPSA) is 33.1 Å². The van der Waals surface area contributed by atoms with Crippen molar-refractivity contribution in [3.8, 4) is 0 Å². The molecule has 17 heavy (non-hydrogen) atoms. The van der Waals surface area contributed by atoms with Crippen LogP contribution in [0.1, 0.15) is 32.2 Å². The average molecular weight is 238 g/mol. The highest BCUT2D eigenvalue weighted by molar-refractivity contribution is 5.08. The molecule has 1 heterocycles. The van der Waals surface area contributed by atoms with Crippen LogP contribution in [0.2, 0.25) is 0 Å². The highest BCUT2D eigenvalue weighted by atomic mass is 15.3. The van der Waals surface area contributed by atoms with E-state index in [2.05, 4.69) is 53.9 Å². The lowest BCUT2D eigenvalue weighted by Gasteiger charge is -2.20. The highest BCUT2D eigenvalue weighted by Gasteiger charge is 2.04. The number of hydrogen-bond donors (Lipinski definition) is 1. The van der Waals surface area contributed by atoms with Gasteiger partial charge in [0, 0.05) is 32.2 Å². The lowest BCUT2D eigenvalue weighted by molar-refractivity contribution is 0.273. The number of likely N-dealkylation sites (N-methyl/N-ethyl adjacent to an activating group) is 1. The van der Waals surface area contributed by atoms with E-state index in [-0.39, 0.29) is 0 Å². The maximum absolute atomic E-state index is 4.44. The van der Waals surface area contributed by atoms with Crippen LogP contribution in [0, 0.1) is 6.92 Å². The molecular formula is C13H26N4. The molecule has 0 amide bonds. The summed E-state index contributed by atoms with van der Waals surface area (Å²) in [6.45, 7) is 12.5. The van der Waals surface area contributed by atoms with Gasteiger partial charge in [0.25, 0.3) is 0 Å². The Bertz CT molecular complexity index is 330. The third-order valence-corrected chi connectivity index (χ3v) is 3.11. The minimum Gasteiger partial charge on any atom is -0.310 e. The Morgan fingerprint density at radius 1 is 1.47 bits per heavy atom. The fourth-order valence-electron chi connectivity index (χ4n) is 1.75. The first-order chi connectivity index (χ1) is 8.04. The molecule has 1 aromatic rings. The van der Waals surface area contributed by atoms with Gasteiger partial charge < -0.3 is 10.2 Å². The molecule has 4 nitrogen and oxygen atoms in total. The summed E-state index contributed by atoms with van der Waals surface area (Å²) < 4.78 is 2.06. The Kier molecular flexibility index (Phi) is 5.65. The molecule has 1 N–H and O–H groups in total. The number of nitrogens with zero attached hydrogens (tertiary/aromatic N) is 3. The second kappa shape index (κ2) is 6.77. The molecule has 0 bridgehead atoms. The third kappa shape index (κ3) is 4.48. The molecule has 0 aliphatic rings. The van der Waals surface area contributed by atoms with Crippen molar-refractivity contribution >= 4 is 0 Å². The van der Waals surface area contributed by atoms with Crippen molar-refractivity contribution in [2.75, 3.05) is 20.1 Å². The Hall–Kier alpha value is -0.870. The minimum absolute atomic E-state index is 0.611. The van der Waals surface area contributed by atoms with Crippen LogP contribution in [0.25, 0.3) is 0 Å². The summed E-state index contributed by atoms with van der Waals surface area (Å²) in [7, 11) is 2.16. The van der Waals surface area contributed by atoms with Crippen LogP contribution in [-0.4, -0.2) is 40.9 Å². The van der Waals surface area contributed by atoms with Crippen LogP contribution >= 0.6 is 0 Å². The standard InChI is InChI=1S/C13H26N4/c1-6-17-13(9-12(4)15-17)10-14-7-8-16(5)11(2)3/h9,11,14H,6-8,10H2,1-5H3. The van der Waals surface area contributed by atoms with E-state index in [1.165, 1.54) is 5.69 Å². The van der Waals surface area contributed by atoms with E-state index >= 15 is 0 Å². The maximum atomic E-state index is 4.44. The third-order valence-electron chi connectivity index (χ3n) is 3.11. The largest absolute Gasteiger partial charge is 0.310 e. The summed E-state index contributed by atoms with van der Waals surface area (Å²) in [5.74, 6) is 0. The number of aromatic nitrogens is 2. The molecule has 0 saturated carbocycles. The van der Waals surface area contributed by atoms with Crippen molar-refractivity contribution in [2.24, 2.45) is 0 Å². The summed E-state index contributed by atoms with van der Waals surface area (Å²) in [5.41, 5.74) is 2.38. The lowest BCUT2D eigenvalue weighted by atomic mass is 10.3. The molecule has 0 atom stereocenters. The lowest BCUT2D eigenvalue weighted by Crippen LogP contribution is -2.33. The van der Waals surface area contributed by atoms with Gasteiger partial charge in [-0.15, -0.1) is 0 Å². The molecule has 1 aromatic heterocycles. The van der Waals surface area contributed by atoms with Gasteiger partial charge in [0.1, 0.15) is 0 Å². The highest BCUT2D eigenvalue weighted by Crippen LogP contribution is 2.03. The summed E-state index contributed by atoms with van der Waals surface area (Å²) in [5, 5.41) is 7.91. The SMILES string of the molecule is CCn1nc(C)cc1CNCCN(C)C(C)C. The molecule has 0 aliphatic heterocycles. The number of nitrogens with one attached hydrogen (secondary N) is 1. The molecular weight excluding hydrogens is 212 g/mol. The molecule has 98 valence electrons. The minimum atomic E-state index is 0.611. The van der Waals surface area contributed by atoms with Crippen molar-refractivity contribution in [3.05, 3.63) is 17.5 Å². The molecule has 0 spiro atoms. The molecule has 0 unspecified atom stereocenters. The van der Waals surface area contributed by atoms with Crippen LogP contribution in [-0.2, 0) is 13.1 Å². The zero-order chi connectivity index (χ0) is 12.8. The first-order valence-electron chi connectivity index (χ1n) is 6.48. The normalized spacial score (nSPS) is 11.7. The summed E-state index contributed by atoms with van der Waals surface area (Å²) >= 11 is 0. The van der Waals surface area contributed by atoms with Gasteiger partial charge in [-0.25, -0.2) is 0 Å². The van der Waals surface area contributed by atoms with Gasteiger partial charge in [-0.2, -0.15) is 5.10 Å². The molecule has 0 fully saturated rings. The zero-order valence-electron chi connectivity index (χ0n) is 11.8. The predicted molar refractivity (Wildman–Crippen MR) is 72.1 cm³/mol. The molecule has 0 saturated heterocycles. The van der Waals surface area contributed by atoms with E-state index in [4.69, 9.17) is 0 Å². The molecule has 0 aromatic carbocycles. The summed E-state index contributed by atoms with van der Waals surface area (Å²) in [4.78, 5) is 2.34. The Morgan fingerprint density at radius 2 is 2.18 bits per heavy atom. The number of hydrogen-bond acceptors (Lipinski definition) is 3. The van der Waals surface area contributed by atoms with Crippen molar-refractivity contribution < 1.29 is 0 Å². The van der Waals surface area contributed by atoms with E-state index < -0.39 is 0 Å². The number of aryl methyl sites for hydroxylation is 2. The molecule has 1 rings (SSSR count). The van der Waals surface area contributed by atoms with E-state index in [0.717, 1.165) is 31.9 Å². The summed E-state index contributed by atoms with van der Waals surface area (Å²) in [6.07, 6.45) is 0. The van der Waals surface area contributed by atoms with Gasteiger partial charge in [0.15, 0.2) is 0 Å². The summed E-state index contributed by atoms with van der Waals surface area (Å²) in [6, 6.07) is 2.77. The second-order valence-corrected chi connectivity index (χ2v) is 4.84. The smallest absolute Gasteiger partial charge is 0.0597 e. The van der Waals surface area contributed by atoms with Crippen molar-refractivity contribution in [2.45, 2.75) is 46.8 Å². The quantitative estimate of drug-likeness (QED) is 0.733. The van der Waals surface area contributed by atoms with Crippen LogP contribution in [0.5, 0.6) is 0 Å². The van der Waals surface area contributed by atoms with E-state index in [9.17, 15) is 0 Å². The molecule has 4 heteroatoms. The van der Waals surface area contributed by atoms with Gasteiger partial charge >= 0.3 is 0 Å². The van der Waals surface area contributed by atoms with Gasteiger partial charge in [-0.1, -0.05) is 0 Å². The van der Waals surface area contributed by atoms with Crippen LogP contribution < -0.4 is 5.32 Å². The van der Waals surface area contributed by atoms with Crippen molar-refractivity contribution in [1.29, 1.82) is 0 Å². The first kappa shape index (κ1) is 14.2. The van der Waals surface area contributed by atoms with Crippen molar-refractivity contribution in [3.63, 3.8) is 0 Å². The Morgan fingerprint density at radius 3 is 2.76 bits per heavy atom. The Labute approximate surface area is 105 Å². The Balaban J connectivity index is 2.31. The van der Waals surface area contributed by atoms with Crippen LogP contribution in [0.15, 0.2) is 6.07 Å². The van der Waals surface area contributed by atoms with Gasteiger partial charge in [0.2, 0.25) is 0 Å². The number of rotatable bonds is 7. The van der Waals surface area contributed by atoms with E-state index in [1.54, 1.807) is 0 Å². The molecule has 0 aliphatic carbocycles. The van der Waals surface area contributed by atoms with Crippen molar-refractivity contribution in [1.82, 2.24) is 20.0 Å². The monoisotopic (exact) mass is 238 g/mol. The van der Waals surface area contributed by atoms with E-state index in [1.807, 2.05) is 6.92 Å². The maximum Gasteiger partial charge on any atom is 0.0597 e. The van der Waals surface area contributed by atoms with Gasteiger partial charge in [0.05, 0.1) is 11.4 Å². The fraction of sp³-hybridized carbons (Fsp3) is 0.769. The van der Waals surface area contributed by atoms with Gasteiger partial charge in [-0.3, -0.25) is 4.68 Å². The molecule has 0 radical (unpaired) electrons. The first-order valence-corrected chi connectivity index (χ1v) is 6.48. The second-order valence-electron chi connectivity index (χ2n) is 4.84. The van der Waals surface area contributed by atoms with Gasteiger partial charge in [-0.05, 0) is 40.8 Å². The fourth-order valence-corrected chi connectivity index (χ4v) is 1.75. The zero-order valence-corrected chi connectivity index (χ0v) is 11.8. The predicted octanol–water partition coefficient (Wildman–Crippen LogP) is 1.64. The average Bonchev–Trinajstić information content (AvgIpc) is 2.64. The van der Waals surface area contributed by atoms with Crippen LogP contribution in [0.3, 0.4) is 0 Å². The van der Waals surface area contributed by atoms with Crippen LogP contribution in [0.4, 0.5) is 0 Å². The van der Waals surface area contributed by atoms with E-state index in [0.29, 0.717) is 6.04 Å².